The maximum Gasteiger partial charge on any atom is 0.343 e. The zero-order chi connectivity index (χ0) is 23.7. The molecule has 1 aliphatic heterocycles. The van der Waals surface area contributed by atoms with Crippen molar-refractivity contribution in [3.8, 4) is 5.75 Å². The predicted octanol–water partition coefficient (Wildman–Crippen LogP) is 1.65. The van der Waals surface area contributed by atoms with Gasteiger partial charge in [-0.15, -0.1) is 0 Å². The fourth-order valence-electron chi connectivity index (χ4n) is 4.40. The summed E-state index contributed by atoms with van der Waals surface area (Å²) in [5.41, 5.74) is 7.99. The molecule has 0 aliphatic carbocycles. The Morgan fingerprint density at radius 2 is 1.82 bits per heavy atom. The van der Waals surface area contributed by atoms with Crippen LogP contribution in [0.15, 0.2) is 48.7 Å². The van der Waals surface area contributed by atoms with Gasteiger partial charge in [0.1, 0.15) is 5.75 Å². The van der Waals surface area contributed by atoms with Gasteiger partial charge < -0.3 is 24.5 Å². The minimum absolute atomic E-state index is 0.120. The third-order valence-electron chi connectivity index (χ3n) is 5.78. The van der Waals surface area contributed by atoms with Crippen LogP contribution < -0.4 is 10.5 Å². The van der Waals surface area contributed by atoms with E-state index in [0.29, 0.717) is 29.7 Å². The molecule has 0 bridgehead atoms. The van der Waals surface area contributed by atoms with E-state index in [1.807, 2.05) is 30.3 Å². The number of aromatic nitrogens is 1. The van der Waals surface area contributed by atoms with E-state index >= 15 is 0 Å². The minimum atomic E-state index is -1.10. The first-order valence-electron chi connectivity index (χ1n) is 10.4. The van der Waals surface area contributed by atoms with Gasteiger partial charge in [0.15, 0.2) is 6.61 Å². The summed E-state index contributed by atoms with van der Waals surface area (Å²) < 4.78 is 12.0. The molecule has 0 saturated heterocycles. The average Bonchev–Trinajstić information content (AvgIpc) is 3.16. The van der Waals surface area contributed by atoms with Crippen molar-refractivity contribution in [2.75, 3.05) is 20.3 Å². The smallest absolute Gasteiger partial charge is 0.343 e. The summed E-state index contributed by atoms with van der Waals surface area (Å²) in [5.74, 6) is -2.45. The van der Waals surface area contributed by atoms with Crippen molar-refractivity contribution in [3.63, 3.8) is 0 Å². The second-order valence-corrected chi connectivity index (χ2v) is 7.66. The minimum Gasteiger partial charge on any atom is -0.480 e. The van der Waals surface area contributed by atoms with Crippen LogP contribution in [0, 0.1) is 0 Å². The molecule has 4 rings (SSSR count). The Morgan fingerprint density at radius 1 is 1.09 bits per heavy atom. The second kappa shape index (κ2) is 8.78. The van der Waals surface area contributed by atoms with Crippen LogP contribution in [-0.2, 0) is 25.5 Å². The number of methoxy groups -OCH3 is 1. The number of hydrogen-bond donors (Lipinski definition) is 1. The van der Waals surface area contributed by atoms with E-state index in [9.17, 15) is 19.2 Å². The first-order valence-corrected chi connectivity index (χ1v) is 10.4. The molecule has 2 N–H and O–H groups in total. The van der Waals surface area contributed by atoms with Crippen molar-refractivity contribution < 1.29 is 28.7 Å². The van der Waals surface area contributed by atoms with Gasteiger partial charge in [0.25, 0.3) is 11.7 Å². The van der Waals surface area contributed by atoms with Crippen LogP contribution in [0.1, 0.15) is 40.1 Å². The summed E-state index contributed by atoms with van der Waals surface area (Å²) in [6, 6.07) is 12.2. The first-order chi connectivity index (χ1) is 15.8. The molecule has 1 unspecified atom stereocenters. The molecule has 2 amide bonds. The molecule has 0 radical (unpaired) electrons. The number of rotatable bonds is 6. The van der Waals surface area contributed by atoms with Crippen molar-refractivity contribution in [2.24, 2.45) is 5.73 Å². The van der Waals surface area contributed by atoms with Crippen molar-refractivity contribution in [1.82, 2.24) is 9.30 Å². The number of carbonyl (C=O) groups is 4. The highest BCUT2D eigenvalue weighted by molar-refractivity contribution is 6.44. The molecule has 2 aromatic heterocycles. The van der Waals surface area contributed by atoms with E-state index in [1.54, 1.807) is 27.6 Å². The lowest BCUT2D eigenvalue weighted by atomic mass is 9.90. The van der Waals surface area contributed by atoms with E-state index in [0.717, 1.165) is 5.56 Å². The van der Waals surface area contributed by atoms with Crippen LogP contribution in [-0.4, -0.2) is 53.1 Å². The molecule has 1 aliphatic rings. The highest BCUT2D eigenvalue weighted by Gasteiger charge is 2.38. The summed E-state index contributed by atoms with van der Waals surface area (Å²) in [6.07, 6.45) is 2.08. The van der Waals surface area contributed by atoms with Crippen LogP contribution in [0.4, 0.5) is 0 Å². The van der Waals surface area contributed by atoms with Gasteiger partial charge in [-0.25, -0.2) is 4.79 Å². The Hall–Kier alpha value is -4.14. The molecule has 1 aromatic carbocycles. The fourth-order valence-corrected chi connectivity index (χ4v) is 4.40. The number of nitrogens with zero attached hydrogens (tertiary/aromatic N) is 2. The number of carbonyl (C=O) groups excluding carboxylic acids is 4. The van der Waals surface area contributed by atoms with Gasteiger partial charge >= 0.3 is 5.97 Å². The predicted molar refractivity (Wildman–Crippen MR) is 118 cm³/mol. The Bertz CT molecular complexity index is 1260. The Kier molecular flexibility index (Phi) is 5.87. The SMILES string of the molecule is COC(=O)COc1cccn2c3c(c(C(=O)C(N)=O)c12)CCN(C(C)=O)C3c1ccccc1. The highest BCUT2D eigenvalue weighted by atomic mass is 16.6. The maximum absolute atomic E-state index is 13.0. The number of ketones is 1. The van der Waals surface area contributed by atoms with Gasteiger partial charge in [-0.05, 0) is 29.7 Å². The summed E-state index contributed by atoms with van der Waals surface area (Å²) >= 11 is 0. The molecular weight excluding hydrogens is 426 g/mol. The lowest BCUT2D eigenvalue weighted by molar-refractivity contribution is -0.142. The summed E-state index contributed by atoms with van der Waals surface area (Å²) in [7, 11) is 1.24. The fraction of sp³-hybridized carbons (Fsp3) is 0.250. The van der Waals surface area contributed by atoms with Gasteiger partial charge in [0.2, 0.25) is 5.91 Å². The van der Waals surface area contributed by atoms with Gasteiger partial charge in [-0.1, -0.05) is 30.3 Å². The normalized spacial score (nSPS) is 15.1. The molecule has 0 fully saturated rings. The molecular formula is C24H23N3O6. The first kappa shape index (κ1) is 22.1. The van der Waals surface area contributed by atoms with Crippen LogP contribution in [0.5, 0.6) is 5.75 Å². The number of primary amides is 1. The number of ether oxygens (including phenoxy) is 2. The third kappa shape index (κ3) is 3.82. The molecule has 1 atom stereocenters. The molecule has 3 heterocycles. The van der Waals surface area contributed by atoms with Crippen LogP contribution >= 0.6 is 0 Å². The van der Waals surface area contributed by atoms with E-state index < -0.39 is 23.7 Å². The molecule has 33 heavy (non-hydrogen) atoms. The lowest BCUT2D eigenvalue weighted by Gasteiger charge is -2.36. The zero-order valence-corrected chi connectivity index (χ0v) is 18.2. The molecule has 0 saturated carbocycles. The van der Waals surface area contributed by atoms with E-state index in [4.69, 9.17) is 10.5 Å². The van der Waals surface area contributed by atoms with Crippen LogP contribution in [0.25, 0.3) is 5.52 Å². The monoisotopic (exact) mass is 449 g/mol. The highest BCUT2D eigenvalue weighted by Crippen LogP contribution is 2.42. The van der Waals surface area contributed by atoms with Gasteiger partial charge in [-0.2, -0.15) is 0 Å². The number of fused-ring (bicyclic) bond motifs is 3. The molecule has 9 nitrogen and oxygen atoms in total. The number of amides is 2. The number of hydrogen-bond acceptors (Lipinski definition) is 6. The number of Topliss-reactive ketones (excluding diaryl/α,β-unsaturated/α-hetero) is 1. The number of nitrogens with two attached hydrogens (primary N) is 1. The standard InChI is InChI=1S/C24H23N3O6/c1-14(28)26-12-10-16-19(23(30)24(25)31)22-17(33-13-18(29)32-2)9-6-11-27(22)21(16)20(26)15-7-4-3-5-8-15/h3-9,11,20H,10,12-13H2,1-2H3,(H2,25,31). The van der Waals surface area contributed by atoms with E-state index in [-0.39, 0.29) is 23.8 Å². The Balaban J connectivity index is 2.02. The Labute approximate surface area is 189 Å². The van der Waals surface area contributed by atoms with E-state index in [2.05, 4.69) is 4.74 Å². The average molecular weight is 449 g/mol. The molecule has 3 aromatic rings. The van der Waals surface area contributed by atoms with Crippen molar-refractivity contribution in [2.45, 2.75) is 19.4 Å². The van der Waals surface area contributed by atoms with Crippen molar-refractivity contribution >= 4 is 29.1 Å². The van der Waals surface area contributed by atoms with E-state index in [1.165, 1.54) is 14.0 Å². The summed E-state index contributed by atoms with van der Waals surface area (Å²) in [6.45, 7) is 1.48. The topological polar surface area (TPSA) is 120 Å². The summed E-state index contributed by atoms with van der Waals surface area (Å²) in [5, 5.41) is 0. The van der Waals surface area contributed by atoms with Crippen molar-refractivity contribution in [3.05, 3.63) is 71.0 Å². The third-order valence-corrected chi connectivity index (χ3v) is 5.78. The number of pyridine rings is 1. The molecule has 0 spiro atoms. The number of esters is 1. The molecule has 9 heteroatoms. The molecule has 170 valence electrons. The van der Waals surface area contributed by atoms with Gasteiger partial charge in [-0.3, -0.25) is 14.4 Å². The zero-order valence-electron chi connectivity index (χ0n) is 18.2. The maximum atomic E-state index is 13.0. The van der Waals surface area contributed by atoms with Gasteiger partial charge in [0.05, 0.1) is 29.9 Å². The lowest BCUT2D eigenvalue weighted by Crippen LogP contribution is -2.40. The number of benzene rings is 1. The van der Waals surface area contributed by atoms with Crippen LogP contribution in [0.2, 0.25) is 0 Å². The van der Waals surface area contributed by atoms with Crippen molar-refractivity contribution in [1.29, 1.82) is 0 Å². The quantitative estimate of drug-likeness (QED) is 0.347. The summed E-state index contributed by atoms with van der Waals surface area (Å²) in [4.78, 5) is 50.9. The second-order valence-electron chi connectivity index (χ2n) is 7.66. The van der Waals surface area contributed by atoms with Crippen LogP contribution in [0.3, 0.4) is 0 Å². The largest absolute Gasteiger partial charge is 0.480 e. The Morgan fingerprint density at radius 3 is 2.45 bits per heavy atom. The van der Waals surface area contributed by atoms with Gasteiger partial charge in [0, 0.05) is 19.7 Å².